The van der Waals surface area contributed by atoms with E-state index in [0.29, 0.717) is 11.8 Å². The van der Waals surface area contributed by atoms with Crippen molar-refractivity contribution in [2.24, 2.45) is 5.92 Å². The first-order valence-electron chi connectivity index (χ1n) is 9.15. The summed E-state index contributed by atoms with van der Waals surface area (Å²) in [5.41, 5.74) is 2.46. The summed E-state index contributed by atoms with van der Waals surface area (Å²) in [7, 11) is -1.89. The molecule has 0 N–H and O–H groups in total. The fourth-order valence-electron chi connectivity index (χ4n) is 3.64. The van der Waals surface area contributed by atoms with Crippen LogP contribution in [0, 0.1) is 12.8 Å². The molecule has 0 spiro atoms. The second kappa shape index (κ2) is 6.13. The van der Waals surface area contributed by atoms with Crippen LogP contribution in [0.15, 0.2) is 12.1 Å². The molecule has 2 aliphatic rings. The molecule has 1 saturated carbocycles. The Bertz CT molecular complexity index is 660. The zero-order chi connectivity index (χ0) is 17.7. The third-order valence-corrected chi connectivity index (χ3v) is 10.8. The molecule has 0 saturated heterocycles. The minimum atomic E-state index is -1.89. The maximum Gasteiger partial charge on any atom is 0.250 e. The van der Waals surface area contributed by atoms with E-state index in [1.807, 2.05) is 0 Å². The molecule has 1 aliphatic carbocycles. The highest BCUT2D eigenvalue weighted by Gasteiger charge is 2.43. The number of ether oxygens (including phenoxy) is 1. The van der Waals surface area contributed by atoms with Crippen LogP contribution in [0.25, 0.3) is 0 Å². The molecule has 0 amide bonds. The summed E-state index contributed by atoms with van der Waals surface area (Å²) in [4.78, 5) is 0. The van der Waals surface area contributed by atoms with Crippen molar-refractivity contribution in [2.75, 3.05) is 0 Å². The van der Waals surface area contributed by atoms with Gasteiger partial charge in [0.15, 0.2) is 5.05 Å². The molecule has 1 aromatic rings. The fraction of sp³-hybridized carbons (Fsp3) is 0.650. The van der Waals surface area contributed by atoms with Gasteiger partial charge in [-0.25, -0.2) is 0 Å². The van der Waals surface area contributed by atoms with Crippen molar-refractivity contribution in [3.8, 4) is 11.5 Å². The Morgan fingerprint density at radius 2 is 1.75 bits per heavy atom. The second-order valence-electron chi connectivity index (χ2n) is 8.96. The van der Waals surface area contributed by atoms with Gasteiger partial charge >= 0.3 is 0 Å². The molecular formula is C20H30O2SSi. The normalized spacial score (nSPS) is 24.0. The van der Waals surface area contributed by atoms with Crippen LogP contribution in [0.4, 0.5) is 0 Å². The molecule has 24 heavy (non-hydrogen) atoms. The summed E-state index contributed by atoms with van der Waals surface area (Å²) >= 11 is 5.58. The molecule has 4 heteroatoms. The van der Waals surface area contributed by atoms with Crippen LogP contribution in [0.5, 0.6) is 11.5 Å². The molecule has 3 rings (SSSR count). The minimum Gasteiger partial charge on any atom is -0.543 e. The number of rotatable bonds is 2. The predicted molar refractivity (Wildman–Crippen MR) is 107 cm³/mol. The zero-order valence-electron chi connectivity index (χ0n) is 15.9. The number of aryl methyl sites for hydroxylation is 1. The standard InChI is InChI=1S/C20H30O2SSi/c1-13-11-16-18(14-9-7-8-10-15(14)19(23)21-16)17(12-13)22-24(5,6)20(2,3)4/h11-12,14-15H,7-10H2,1-6H3/t14-,15-/m1/s1. The number of fused-ring (bicyclic) bond motifs is 3. The van der Waals surface area contributed by atoms with Crippen LogP contribution in [0.3, 0.4) is 0 Å². The van der Waals surface area contributed by atoms with Crippen molar-refractivity contribution in [2.45, 2.75) is 77.4 Å². The van der Waals surface area contributed by atoms with Crippen LogP contribution in [-0.4, -0.2) is 13.4 Å². The molecule has 132 valence electrons. The highest BCUT2D eigenvalue weighted by molar-refractivity contribution is 7.80. The molecule has 1 aromatic carbocycles. The highest BCUT2D eigenvalue weighted by atomic mass is 32.1. The SMILES string of the molecule is Cc1cc2c(c(O[Si](C)(C)C(C)(C)C)c1)[C@@H]1CCCC[C@H]1C(=S)O2. The van der Waals surface area contributed by atoms with Gasteiger partial charge in [0.25, 0.3) is 0 Å². The topological polar surface area (TPSA) is 18.5 Å². The van der Waals surface area contributed by atoms with Crippen molar-refractivity contribution in [1.29, 1.82) is 0 Å². The summed E-state index contributed by atoms with van der Waals surface area (Å²) in [5, 5.41) is 0.969. The Hall–Kier alpha value is -0.873. The quantitative estimate of drug-likeness (QED) is 0.449. The van der Waals surface area contributed by atoms with Crippen molar-refractivity contribution in [3.63, 3.8) is 0 Å². The van der Waals surface area contributed by atoms with Gasteiger partial charge in [0.2, 0.25) is 8.32 Å². The first kappa shape index (κ1) is 17.9. The van der Waals surface area contributed by atoms with Crippen LogP contribution < -0.4 is 9.16 Å². The fourth-order valence-corrected chi connectivity index (χ4v) is 5.03. The maximum atomic E-state index is 6.75. The summed E-state index contributed by atoms with van der Waals surface area (Å²) in [6.07, 6.45) is 4.87. The number of benzene rings is 1. The second-order valence-corrected chi connectivity index (χ2v) is 14.1. The van der Waals surface area contributed by atoms with Crippen LogP contribution in [0.2, 0.25) is 18.1 Å². The lowest BCUT2D eigenvalue weighted by atomic mass is 9.74. The molecule has 0 aromatic heterocycles. The Balaban J connectivity index is 2.07. The maximum absolute atomic E-state index is 6.75. The van der Waals surface area contributed by atoms with E-state index < -0.39 is 8.32 Å². The molecular weight excluding hydrogens is 332 g/mol. The summed E-state index contributed by atoms with van der Waals surface area (Å²) in [6, 6.07) is 4.34. The van der Waals surface area contributed by atoms with Crippen molar-refractivity contribution in [3.05, 3.63) is 23.3 Å². The third-order valence-electron chi connectivity index (χ3n) is 6.07. The lowest BCUT2D eigenvalue weighted by Crippen LogP contribution is -2.44. The van der Waals surface area contributed by atoms with E-state index in [-0.39, 0.29) is 5.04 Å². The van der Waals surface area contributed by atoms with Crippen LogP contribution in [-0.2, 0) is 0 Å². The van der Waals surface area contributed by atoms with Crippen LogP contribution >= 0.6 is 12.2 Å². The molecule has 2 atom stereocenters. The minimum absolute atomic E-state index is 0.181. The lowest BCUT2D eigenvalue weighted by molar-refractivity contribution is 0.314. The monoisotopic (exact) mass is 362 g/mol. The predicted octanol–water partition coefficient (Wildman–Crippen LogP) is 6.37. The molecule has 2 nitrogen and oxygen atoms in total. The van der Waals surface area contributed by atoms with Crippen molar-refractivity contribution in [1.82, 2.24) is 0 Å². The van der Waals surface area contributed by atoms with E-state index in [4.69, 9.17) is 21.4 Å². The largest absolute Gasteiger partial charge is 0.543 e. The summed E-state index contributed by atoms with van der Waals surface area (Å²) in [5.74, 6) is 2.84. The van der Waals surface area contributed by atoms with E-state index in [1.165, 1.54) is 30.4 Å². The van der Waals surface area contributed by atoms with Gasteiger partial charge < -0.3 is 9.16 Å². The Kier molecular flexibility index (Phi) is 4.58. The van der Waals surface area contributed by atoms with Gasteiger partial charge in [0.1, 0.15) is 11.5 Å². The number of hydrogen-bond donors (Lipinski definition) is 0. The molecule has 0 bridgehead atoms. The molecule has 1 fully saturated rings. The van der Waals surface area contributed by atoms with Gasteiger partial charge in [-0.3, -0.25) is 0 Å². The summed E-state index contributed by atoms with van der Waals surface area (Å²) in [6.45, 7) is 13.6. The average Bonchev–Trinajstić information content (AvgIpc) is 2.45. The van der Waals surface area contributed by atoms with Gasteiger partial charge in [-0.2, -0.15) is 0 Å². The molecule has 0 radical (unpaired) electrons. The van der Waals surface area contributed by atoms with Crippen LogP contribution in [0.1, 0.15) is 63.5 Å². The number of hydrogen-bond acceptors (Lipinski definition) is 3. The first-order chi connectivity index (χ1) is 11.1. The van der Waals surface area contributed by atoms with Gasteiger partial charge in [-0.1, -0.05) is 33.6 Å². The van der Waals surface area contributed by atoms with Gasteiger partial charge in [0.05, 0.1) is 0 Å². The molecule has 1 heterocycles. The third kappa shape index (κ3) is 3.15. The van der Waals surface area contributed by atoms with E-state index in [2.05, 4.69) is 52.9 Å². The van der Waals surface area contributed by atoms with E-state index in [0.717, 1.165) is 23.0 Å². The van der Waals surface area contributed by atoms with E-state index >= 15 is 0 Å². The average molecular weight is 363 g/mol. The Morgan fingerprint density at radius 1 is 1.12 bits per heavy atom. The molecule has 1 aliphatic heterocycles. The molecule has 0 unspecified atom stereocenters. The lowest BCUT2D eigenvalue weighted by Gasteiger charge is -2.41. The van der Waals surface area contributed by atoms with E-state index in [9.17, 15) is 0 Å². The highest BCUT2D eigenvalue weighted by Crippen LogP contribution is 2.51. The Labute approximate surface area is 153 Å². The zero-order valence-corrected chi connectivity index (χ0v) is 17.7. The summed E-state index contributed by atoms with van der Waals surface area (Å²) < 4.78 is 12.8. The number of thiocarbonyl (C=S) groups is 1. The Morgan fingerprint density at radius 3 is 2.38 bits per heavy atom. The van der Waals surface area contributed by atoms with Crippen molar-refractivity contribution >= 4 is 25.6 Å². The van der Waals surface area contributed by atoms with Gasteiger partial charge in [-0.15, -0.1) is 0 Å². The van der Waals surface area contributed by atoms with E-state index in [1.54, 1.807) is 0 Å². The van der Waals surface area contributed by atoms with Crippen molar-refractivity contribution < 1.29 is 9.16 Å². The first-order valence-corrected chi connectivity index (χ1v) is 12.5. The smallest absolute Gasteiger partial charge is 0.250 e. The van der Waals surface area contributed by atoms with Gasteiger partial charge in [-0.05, 0) is 67.8 Å². The van der Waals surface area contributed by atoms with Gasteiger partial charge in [0, 0.05) is 17.4 Å².